The van der Waals surface area contributed by atoms with Crippen LogP contribution < -0.4 is 0 Å². The molecular weight excluding hydrogens is 765 g/mol. The van der Waals surface area contributed by atoms with Crippen molar-refractivity contribution in [3.63, 3.8) is 0 Å². The summed E-state index contributed by atoms with van der Waals surface area (Å²) in [6, 6.07) is 0. The summed E-state index contributed by atoms with van der Waals surface area (Å²) in [5.74, 6) is -2.01. The molecule has 2 unspecified atom stereocenters. The SMILES string of the molecule is CCCCCC/C=C/C=C/CCCCCCCC(=O)OC[C@H](CO[C@H]1O[C@H](CS(=O)(=O)O)[C@@H](O)C(O)C1O)OC(=O)CCCCCCCCC/C=C/CCCCCC. The maximum atomic E-state index is 12.8. The fourth-order valence-corrected chi connectivity index (χ4v) is 7.35. The van der Waals surface area contributed by atoms with Crippen molar-refractivity contribution in [1.29, 1.82) is 0 Å². The molecule has 4 N–H and O–H groups in total. The molecule has 0 saturated carbocycles. The van der Waals surface area contributed by atoms with Gasteiger partial charge in [-0.05, 0) is 64.2 Å². The van der Waals surface area contributed by atoms with Crippen LogP contribution in [-0.2, 0) is 38.7 Å². The summed E-state index contributed by atoms with van der Waals surface area (Å²) in [6.45, 7) is 3.71. The lowest BCUT2D eigenvalue weighted by molar-refractivity contribution is -0.297. The van der Waals surface area contributed by atoms with Crippen molar-refractivity contribution >= 4 is 22.1 Å². The fourth-order valence-electron chi connectivity index (χ4n) is 6.66. The zero-order chi connectivity index (χ0) is 42.7. The van der Waals surface area contributed by atoms with Gasteiger partial charge in [-0.3, -0.25) is 14.1 Å². The zero-order valence-electron chi connectivity index (χ0n) is 35.9. The minimum Gasteiger partial charge on any atom is -0.462 e. The number of allylic oxidation sites excluding steroid dienone is 6. The minimum absolute atomic E-state index is 0.156. The van der Waals surface area contributed by atoms with E-state index in [-0.39, 0.29) is 19.4 Å². The Morgan fingerprint density at radius 2 is 1.03 bits per heavy atom. The number of unbranched alkanes of at least 4 members (excludes halogenated alkanes) is 20. The summed E-state index contributed by atoms with van der Waals surface area (Å²) in [4.78, 5) is 25.4. The van der Waals surface area contributed by atoms with Crippen molar-refractivity contribution in [2.45, 2.75) is 218 Å². The first kappa shape index (κ1) is 53.9. The van der Waals surface area contributed by atoms with Gasteiger partial charge >= 0.3 is 11.9 Å². The van der Waals surface area contributed by atoms with Gasteiger partial charge in [0.2, 0.25) is 0 Å². The summed E-state index contributed by atoms with van der Waals surface area (Å²) < 4.78 is 54.0. The number of esters is 2. The monoisotopic (exact) mass is 845 g/mol. The molecule has 1 saturated heterocycles. The molecule has 1 heterocycles. The summed E-state index contributed by atoms with van der Waals surface area (Å²) in [7, 11) is -4.60. The molecule has 1 aliphatic heterocycles. The van der Waals surface area contributed by atoms with Gasteiger partial charge in [-0.15, -0.1) is 0 Å². The molecule has 0 aliphatic carbocycles. The van der Waals surface area contributed by atoms with Crippen molar-refractivity contribution in [1.82, 2.24) is 0 Å². The van der Waals surface area contributed by atoms with Gasteiger partial charge in [0.25, 0.3) is 10.1 Å². The number of carbonyl (C=O) groups is 2. The van der Waals surface area contributed by atoms with Crippen molar-refractivity contribution in [2.24, 2.45) is 0 Å². The Labute approximate surface area is 351 Å². The van der Waals surface area contributed by atoms with Crippen LogP contribution in [-0.4, -0.2) is 96.0 Å². The quantitative estimate of drug-likeness (QED) is 0.0153. The molecule has 12 nitrogen and oxygen atoms in total. The van der Waals surface area contributed by atoms with E-state index in [0.29, 0.717) is 12.8 Å². The zero-order valence-corrected chi connectivity index (χ0v) is 36.7. The van der Waals surface area contributed by atoms with Gasteiger partial charge in [0.1, 0.15) is 36.8 Å². The number of hydrogen-bond acceptors (Lipinski definition) is 11. The first-order valence-corrected chi connectivity index (χ1v) is 24.2. The number of carbonyl (C=O) groups excluding carboxylic acids is 2. The van der Waals surface area contributed by atoms with Gasteiger partial charge in [0.05, 0.1) is 6.61 Å². The van der Waals surface area contributed by atoms with Crippen LogP contribution in [0.4, 0.5) is 0 Å². The second-order valence-corrected chi connectivity index (χ2v) is 17.2. The van der Waals surface area contributed by atoms with Crippen LogP contribution in [0.15, 0.2) is 36.5 Å². The molecule has 0 radical (unpaired) electrons. The second kappa shape index (κ2) is 35.6. The summed E-state index contributed by atoms with van der Waals surface area (Å²) >= 11 is 0. The molecule has 13 heteroatoms. The van der Waals surface area contributed by atoms with E-state index in [1.54, 1.807) is 0 Å². The van der Waals surface area contributed by atoms with Gasteiger partial charge in [-0.2, -0.15) is 8.42 Å². The van der Waals surface area contributed by atoms with Crippen molar-refractivity contribution in [2.75, 3.05) is 19.0 Å². The van der Waals surface area contributed by atoms with Crippen LogP contribution in [0, 0.1) is 0 Å². The Bertz CT molecular complexity index is 1220. The highest BCUT2D eigenvalue weighted by Gasteiger charge is 2.46. The maximum Gasteiger partial charge on any atom is 0.306 e. The average Bonchev–Trinajstić information content (AvgIpc) is 3.18. The fraction of sp³-hybridized carbons (Fsp3) is 0.822. The summed E-state index contributed by atoms with van der Waals surface area (Å²) in [5.41, 5.74) is 0. The lowest BCUT2D eigenvalue weighted by Crippen LogP contribution is -2.60. The van der Waals surface area contributed by atoms with Crippen LogP contribution >= 0.6 is 0 Å². The van der Waals surface area contributed by atoms with Gasteiger partial charge < -0.3 is 34.3 Å². The molecule has 0 bridgehead atoms. The molecule has 0 aromatic carbocycles. The van der Waals surface area contributed by atoms with E-state index in [9.17, 15) is 37.9 Å². The lowest BCUT2D eigenvalue weighted by Gasteiger charge is -2.40. The predicted octanol–water partition coefficient (Wildman–Crippen LogP) is 9.00. The Hall–Kier alpha value is -2.13. The third-order valence-electron chi connectivity index (χ3n) is 10.2. The third kappa shape index (κ3) is 30.0. The van der Waals surface area contributed by atoms with Crippen molar-refractivity contribution in [3.05, 3.63) is 36.5 Å². The average molecular weight is 845 g/mol. The molecule has 6 atom stereocenters. The third-order valence-corrected chi connectivity index (χ3v) is 11.0. The van der Waals surface area contributed by atoms with E-state index in [2.05, 4.69) is 50.3 Å². The van der Waals surface area contributed by atoms with E-state index in [1.807, 2.05) is 0 Å². The van der Waals surface area contributed by atoms with Crippen LogP contribution in [0.5, 0.6) is 0 Å². The van der Waals surface area contributed by atoms with Gasteiger partial charge in [0, 0.05) is 12.8 Å². The van der Waals surface area contributed by atoms with Crippen LogP contribution in [0.3, 0.4) is 0 Å². The number of hydrogen-bond donors (Lipinski definition) is 4. The maximum absolute atomic E-state index is 12.8. The molecule has 0 amide bonds. The molecular formula is C45H80O12S. The second-order valence-electron chi connectivity index (χ2n) is 15.7. The Morgan fingerprint density at radius 1 is 0.586 bits per heavy atom. The summed E-state index contributed by atoms with van der Waals surface area (Å²) in [6.07, 6.45) is 30.4. The Kier molecular flexibility index (Phi) is 33.1. The van der Waals surface area contributed by atoms with Crippen LogP contribution in [0.2, 0.25) is 0 Å². The van der Waals surface area contributed by atoms with E-state index >= 15 is 0 Å². The highest BCUT2D eigenvalue weighted by molar-refractivity contribution is 7.85. The van der Waals surface area contributed by atoms with E-state index < -0.39 is 71.2 Å². The Balaban J connectivity index is 2.47. The smallest absolute Gasteiger partial charge is 0.306 e. The van der Waals surface area contributed by atoms with Gasteiger partial charge in [-0.25, -0.2) is 0 Å². The highest BCUT2D eigenvalue weighted by atomic mass is 32.2. The molecule has 0 aromatic rings. The number of ether oxygens (including phenoxy) is 4. The minimum atomic E-state index is -4.60. The number of aliphatic hydroxyl groups is 3. The number of aliphatic hydroxyl groups excluding tert-OH is 3. The lowest BCUT2D eigenvalue weighted by atomic mass is 10.00. The predicted molar refractivity (Wildman–Crippen MR) is 229 cm³/mol. The molecule has 1 aliphatic rings. The van der Waals surface area contributed by atoms with Crippen molar-refractivity contribution in [3.8, 4) is 0 Å². The summed E-state index contributed by atoms with van der Waals surface area (Å²) in [5, 5.41) is 30.9. The van der Waals surface area contributed by atoms with Crippen LogP contribution in [0.1, 0.15) is 181 Å². The molecule has 0 spiro atoms. The molecule has 1 fully saturated rings. The normalized spacial score (nSPS) is 20.7. The molecule has 0 aromatic heterocycles. The van der Waals surface area contributed by atoms with E-state index in [0.717, 1.165) is 70.6 Å². The van der Waals surface area contributed by atoms with E-state index in [1.165, 1.54) is 70.6 Å². The largest absolute Gasteiger partial charge is 0.462 e. The number of rotatable bonds is 37. The van der Waals surface area contributed by atoms with Gasteiger partial charge in [-0.1, -0.05) is 140 Å². The molecule has 58 heavy (non-hydrogen) atoms. The standard InChI is InChI=1S/C45H80O12S/c1-3-5-7-9-11-13-15-17-19-21-23-25-27-29-31-33-40(46)54-35-38(36-55-45-44(50)43(49)42(48)39(57-45)37-58(51,52)53)56-41(47)34-32-30-28-26-24-22-20-18-16-14-12-10-8-6-4-2/h13-17,19,38-39,42-45,48-50H,3-12,18,20-37H2,1-2H3,(H,51,52,53)/b15-13+,16-14+,19-17+/t38-,39-,42-,43?,44?,45+/m1/s1. The van der Waals surface area contributed by atoms with Crippen molar-refractivity contribution < 1.29 is 56.8 Å². The van der Waals surface area contributed by atoms with Gasteiger partial charge in [0.15, 0.2) is 12.4 Å². The van der Waals surface area contributed by atoms with Crippen LogP contribution in [0.25, 0.3) is 0 Å². The molecule has 338 valence electrons. The topological polar surface area (TPSA) is 186 Å². The first-order valence-electron chi connectivity index (χ1n) is 22.6. The van der Waals surface area contributed by atoms with E-state index in [4.69, 9.17) is 18.9 Å². The first-order chi connectivity index (χ1) is 28.0. The Morgan fingerprint density at radius 3 is 1.53 bits per heavy atom. The highest BCUT2D eigenvalue weighted by Crippen LogP contribution is 2.24. The molecule has 1 rings (SSSR count).